The van der Waals surface area contributed by atoms with Crippen LogP contribution in [0.1, 0.15) is 42.5 Å². The second kappa shape index (κ2) is 5.92. The third-order valence-electron chi connectivity index (χ3n) is 3.18. The van der Waals surface area contributed by atoms with E-state index in [-0.39, 0.29) is 5.78 Å². The van der Waals surface area contributed by atoms with Gasteiger partial charge in [0.1, 0.15) is 4.99 Å². The number of carbonyl (C=O) groups excluding carboxylic acids is 1. The van der Waals surface area contributed by atoms with Gasteiger partial charge < -0.3 is 5.32 Å². The van der Waals surface area contributed by atoms with Crippen LogP contribution >= 0.6 is 12.2 Å². The lowest BCUT2D eigenvalue weighted by Crippen LogP contribution is -2.39. The second-order valence-corrected chi connectivity index (χ2v) is 4.91. The summed E-state index contributed by atoms with van der Waals surface area (Å²) in [6, 6.07) is 9.61. The quantitative estimate of drug-likeness (QED) is 0.657. The van der Waals surface area contributed by atoms with Gasteiger partial charge in [0.05, 0.1) is 0 Å². The van der Waals surface area contributed by atoms with Gasteiger partial charge in [-0.05, 0) is 12.8 Å². The lowest BCUT2D eigenvalue weighted by Gasteiger charge is -2.23. The molecule has 0 saturated heterocycles. The molecule has 0 spiro atoms. The first-order valence-corrected chi connectivity index (χ1v) is 6.58. The minimum Gasteiger partial charge on any atom is -0.370 e. The molecule has 0 aromatic heterocycles. The Morgan fingerprint density at radius 2 is 1.76 bits per heavy atom. The predicted octanol–water partition coefficient (Wildman–Crippen LogP) is 3.12. The molecule has 1 aromatic rings. The van der Waals surface area contributed by atoms with Crippen molar-refractivity contribution in [2.75, 3.05) is 0 Å². The number of Topliss-reactive ketones (excluding diaryl/α,β-unsaturated/α-hetero) is 1. The number of benzene rings is 1. The zero-order valence-corrected chi connectivity index (χ0v) is 10.6. The highest BCUT2D eigenvalue weighted by Crippen LogP contribution is 2.17. The van der Waals surface area contributed by atoms with Crippen molar-refractivity contribution in [1.82, 2.24) is 5.32 Å². The number of rotatable bonds is 3. The van der Waals surface area contributed by atoms with Crippen LogP contribution in [-0.4, -0.2) is 16.8 Å². The summed E-state index contributed by atoms with van der Waals surface area (Å²) < 4.78 is 0. The Balaban J connectivity index is 1.93. The van der Waals surface area contributed by atoms with Gasteiger partial charge in [0.15, 0.2) is 0 Å². The molecular formula is C14H17NOS. The number of hydrogen-bond donors (Lipinski definition) is 1. The van der Waals surface area contributed by atoms with Crippen molar-refractivity contribution in [1.29, 1.82) is 0 Å². The number of nitrogens with one attached hydrogen (secondary N) is 1. The van der Waals surface area contributed by atoms with Crippen molar-refractivity contribution in [3.63, 3.8) is 0 Å². The topological polar surface area (TPSA) is 29.1 Å². The molecule has 0 bridgehead atoms. The van der Waals surface area contributed by atoms with Crippen LogP contribution in [0.4, 0.5) is 0 Å². The van der Waals surface area contributed by atoms with E-state index in [1.54, 1.807) is 12.1 Å². The Kier molecular flexibility index (Phi) is 4.26. The standard InChI is InChI=1S/C14H17NOS/c16-13(11-7-3-1-4-8-11)14(17)15-12-9-5-2-6-10-12/h1,3-4,7-8,12H,2,5-6,9-10H2,(H,15,17). The third-order valence-corrected chi connectivity index (χ3v) is 3.49. The average Bonchev–Trinajstić information content (AvgIpc) is 2.40. The van der Waals surface area contributed by atoms with E-state index in [0.717, 1.165) is 12.8 Å². The van der Waals surface area contributed by atoms with Crippen LogP contribution in [0.5, 0.6) is 0 Å². The SMILES string of the molecule is O=C(C(=S)NC1CCCCC1)c1ccccc1. The zero-order chi connectivity index (χ0) is 12.1. The van der Waals surface area contributed by atoms with Crippen molar-refractivity contribution in [3.8, 4) is 0 Å². The van der Waals surface area contributed by atoms with Crippen LogP contribution in [0.2, 0.25) is 0 Å². The average molecular weight is 247 g/mol. The fourth-order valence-electron chi connectivity index (χ4n) is 2.22. The Hall–Kier alpha value is -1.22. The van der Waals surface area contributed by atoms with Gasteiger partial charge in [-0.15, -0.1) is 0 Å². The van der Waals surface area contributed by atoms with Crippen LogP contribution in [0.15, 0.2) is 30.3 Å². The lowest BCUT2D eigenvalue weighted by atomic mass is 9.95. The van der Waals surface area contributed by atoms with Crippen molar-refractivity contribution in [3.05, 3.63) is 35.9 Å². The van der Waals surface area contributed by atoms with Crippen molar-refractivity contribution >= 4 is 23.0 Å². The summed E-state index contributed by atoms with van der Waals surface area (Å²) in [5.74, 6) is -0.0637. The molecule has 1 aliphatic rings. The van der Waals surface area contributed by atoms with Gasteiger partial charge >= 0.3 is 0 Å². The maximum atomic E-state index is 12.0. The first-order chi connectivity index (χ1) is 8.27. The third kappa shape index (κ3) is 3.37. The van der Waals surface area contributed by atoms with Gasteiger partial charge in [-0.3, -0.25) is 4.79 Å². The molecule has 0 radical (unpaired) electrons. The summed E-state index contributed by atoms with van der Waals surface area (Å²) in [6.45, 7) is 0. The van der Waals surface area contributed by atoms with E-state index in [2.05, 4.69) is 5.32 Å². The first kappa shape index (κ1) is 12.2. The minimum atomic E-state index is -0.0637. The number of carbonyl (C=O) groups is 1. The molecule has 0 atom stereocenters. The molecule has 1 saturated carbocycles. The van der Waals surface area contributed by atoms with Crippen molar-refractivity contribution < 1.29 is 4.79 Å². The lowest BCUT2D eigenvalue weighted by molar-refractivity contribution is 0.106. The maximum Gasteiger partial charge on any atom is 0.219 e. The summed E-state index contributed by atoms with van der Waals surface area (Å²) in [6.07, 6.45) is 6.03. The Morgan fingerprint density at radius 1 is 1.12 bits per heavy atom. The molecule has 1 aromatic carbocycles. The largest absolute Gasteiger partial charge is 0.370 e. The maximum absolute atomic E-state index is 12.0. The van der Waals surface area contributed by atoms with E-state index in [1.165, 1.54) is 19.3 Å². The summed E-state index contributed by atoms with van der Waals surface area (Å²) in [7, 11) is 0. The van der Waals surface area contributed by atoms with E-state index in [1.807, 2.05) is 18.2 Å². The summed E-state index contributed by atoms with van der Waals surface area (Å²) >= 11 is 5.18. The van der Waals surface area contributed by atoms with Crippen LogP contribution in [-0.2, 0) is 0 Å². The monoisotopic (exact) mass is 247 g/mol. The molecule has 1 aliphatic carbocycles. The summed E-state index contributed by atoms with van der Waals surface area (Å²) in [5.41, 5.74) is 0.667. The first-order valence-electron chi connectivity index (χ1n) is 6.17. The second-order valence-electron chi connectivity index (χ2n) is 4.50. The number of hydrogen-bond acceptors (Lipinski definition) is 2. The molecular weight excluding hydrogens is 230 g/mol. The summed E-state index contributed by atoms with van der Waals surface area (Å²) in [5, 5.41) is 3.20. The summed E-state index contributed by atoms with van der Waals surface area (Å²) in [4.78, 5) is 12.4. The van der Waals surface area contributed by atoms with Crippen LogP contribution in [0, 0.1) is 0 Å². The van der Waals surface area contributed by atoms with E-state index in [9.17, 15) is 4.79 Å². The molecule has 17 heavy (non-hydrogen) atoms. The molecule has 2 nitrogen and oxygen atoms in total. The smallest absolute Gasteiger partial charge is 0.219 e. The predicted molar refractivity (Wildman–Crippen MR) is 73.4 cm³/mol. The van der Waals surface area contributed by atoms with Crippen LogP contribution in [0.3, 0.4) is 0 Å². The Labute approximate surface area is 107 Å². The highest BCUT2D eigenvalue weighted by molar-refractivity contribution is 7.82. The van der Waals surface area contributed by atoms with Crippen LogP contribution < -0.4 is 5.32 Å². The number of ketones is 1. The van der Waals surface area contributed by atoms with Gasteiger partial charge in [0, 0.05) is 11.6 Å². The molecule has 2 rings (SSSR count). The molecule has 0 unspecified atom stereocenters. The highest BCUT2D eigenvalue weighted by Gasteiger charge is 2.18. The fourth-order valence-corrected chi connectivity index (χ4v) is 2.50. The van der Waals surface area contributed by atoms with Crippen molar-refractivity contribution in [2.45, 2.75) is 38.1 Å². The zero-order valence-electron chi connectivity index (χ0n) is 9.82. The molecule has 90 valence electrons. The van der Waals surface area contributed by atoms with Gasteiger partial charge in [-0.1, -0.05) is 61.8 Å². The molecule has 0 amide bonds. The van der Waals surface area contributed by atoms with Gasteiger partial charge in [-0.2, -0.15) is 0 Å². The molecule has 0 aliphatic heterocycles. The van der Waals surface area contributed by atoms with E-state index in [4.69, 9.17) is 12.2 Å². The normalized spacial score (nSPS) is 16.5. The minimum absolute atomic E-state index is 0.0637. The molecule has 1 N–H and O–H groups in total. The fraction of sp³-hybridized carbons (Fsp3) is 0.429. The van der Waals surface area contributed by atoms with E-state index in [0.29, 0.717) is 16.6 Å². The molecule has 3 heteroatoms. The number of thiocarbonyl (C=S) groups is 1. The molecule has 0 heterocycles. The van der Waals surface area contributed by atoms with Gasteiger partial charge in [-0.25, -0.2) is 0 Å². The highest BCUT2D eigenvalue weighted by atomic mass is 32.1. The van der Waals surface area contributed by atoms with Crippen molar-refractivity contribution in [2.24, 2.45) is 0 Å². The Bertz CT molecular complexity index is 396. The van der Waals surface area contributed by atoms with E-state index < -0.39 is 0 Å². The molecule has 1 fully saturated rings. The van der Waals surface area contributed by atoms with Gasteiger partial charge in [0.2, 0.25) is 5.78 Å². The Morgan fingerprint density at radius 3 is 2.41 bits per heavy atom. The van der Waals surface area contributed by atoms with Crippen LogP contribution in [0.25, 0.3) is 0 Å². The van der Waals surface area contributed by atoms with E-state index >= 15 is 0 Å². The van der Waals surface area contributed by atoms with Gasteiger partial charge in [0.25, 0.3) is 0 Å².